The van der Waals surface area contributed by atoms with Gasteiger partial charge in [0.05, 0.1) is 6.61 Å². The lowest BCUT2D eigenvalue weighted by molar-refractivity contribution is 0.100. The minimum Gasteiger partial charge on any atom is -0.494 e. The van der Waals surface area contributed by atoms with Crippen LogP contribution in [0.4, 0.5) is 17.2 Å². The number of ether oxygens (including phenoxy) is 1. The molecule has 7 nitrogen and oxygen atoms in total. The number of Topliss-reactive ketones (excluding diaryl/α,β-unsaturated/α-hetero) is 1. The highest BCUT2D eigenvalue weighted by Crippen LogP contribution is 2.20. The van der Waals surface area contributed by atoms with Gasteiger partial charge in [0.15, 0.2) is 5.78 Å². The zero-order chi connectivity index (χ0) is 20.8. The molecule has 0 saturated heterocycles. The highest BCUT2D eigenvalue weighted by Gasteiger charge is 2.12. The molecule has 3 rings (SSSR count). The van der Waals surface area contributed by atoms with Crippen LogP contribution in [0, 0.1) is 6.92 Å². The van der Waals surface area contributed by atoms with Gasteiger partial charge in [-0.2, -0.15) is 0 Å². The summed E-state index contributed by atoms with van der Waals surface area (Å²) in [6, 6.07) is 15.8. The van der Waals surface area contributed by atoms with E-state index in [0.29, 0.717) is 29.5 Å². The second-order valence-corrected chi connectivity index (χ2v) is 6.36. The maximum Gasteiger partial charge on any atom is 0.274 e. The Kier molecular flexibility index (Phi) is 6.19. The zero-order valence-electron chi connectivity index (χ0n) is 16.5. The lowest BCUT2D eigenvalue weighted by atomic mass is 10.1. The molecule has 0 aliphatic heterocycles. The number of rotatable bonds is 7. The summed E-state index contributed by atoms with van der Waals surface area (Å²) >= 11 is 0. The average molecular weight is 390 g/mol. The number of nitrogens with one attached hydrogen (secondary N) is 2. The lowest BCUT2D eigenvalue weighted by Gasteiger charge is -2.10. The molecule has 1 aromatic heterocycles. The second-order valence-electron chi connectivity index (χ2n) is 6.36. The SMILES string of the molecule is CCOc1ccc(Nc2cc(C(=O)Nc3cccc(C(C)=O)c3)nc(C)n2)cc1. The summed E-state index contributed by atoms with van der Waals surface area (Å²) in [4.78, 5) is 32.7. The predicted octanol–water partition coefficient (Wildman–Crippen LogP) is 4.38. The van der Waals surface area contributed by atoms with Gasteiger partial charge in [-0.3, -0.25) is 9.59 Å². The third-order valence-electron chi connectivity index (χ3n) is 4.04. The number of anilines is 3. The second kappa shape index (κ2) is 8.97. The molecule has 0 saturated carbocycles. The van der Waals surface area contributed by atoms with Crippen molar-refractivity contribution in [1.82, 2.24) is 9.97 Å². The van der Waals surface area contributed by atoms with Crippen molar-refractivity contribution in [2.24, 2.45) is 0 Å². The molecule has 0 aliphatic carbocycles. The molecule has 0 fully saturated rings. The maximum atomic E-state index is 12.6. The third-order valence-corrected chi connectivity index (χ3v) is 4.04. The molecular weight excluding hydrogens is 368 g/mol. The number of hydrogen-bond donors (Lipinski definition) is 2. The number of aromatic nitrogens is 2. The highest BCUT2D eigenvalue weighted by molar-refractivity contribution is 6.04. The average Bonchev–Trinajstić information content (AvgIpc) is 2.69. The van der Waals surface area contributed by atoms with Crippen LogP contribution in [0.1, 0.15) is 40.5 Å². The van der Waals surface area contributed by atoms with Crippen molar-refractivity contribution in [3.05, 3.63) is 71.7 Å². The number of nitrogens with zero attached hydrogens (tertiary/aromatic N) is 2. The zero-order valence-corrected chi connectivity index (χ0v) is 16.5. The van der Waals surface area contributed by atoms with Crippen molar-refractivity contribution in [1.29, 1.82) is 0 Å². The Hall–Kier alpha value is -3.74. The summed E-state index contributed by atoms with van der Waals surface area (Å²) in [5, 5.41) is 5.93. The van der Waals surface area contributed by atoms with Crippen LogP contribution in [0.25, 0.3) is 0 Å². The lowest BCUT2D eigenvalue weighted by Crippen LogP contribution is -2.15. The van der Waals surface area contributed by atoms with E-state index in [1.165, 1.54) is 6.92 Å². The van der Waals surface area contributed by atoms with Crippen LogP contribution >= 0.6 is 0 Å². The van der Waals surface area contributed by atoms with E-state index >= 15 is 0 Å². The molecular formula is C22H22N4O3. The van der Waals surface area contributed by atoms with E-state index in [2.05, 4.69) is 20.6 Å². The molecule has 0 unspecified atom stereocenters. The largest absolute Gasteiger partial charge is 0.494 e. The van der Waals surface area contributed by atoms with Crippen molar-refractivity contribution >= 4 is 28.9 Å². The van der Waals surface area contributed by atoms with Crippen LogP contribution in [0.5, 0.6) is 5.75 Å². The minimum atomic E-state index is -0.383. The number of carbonyl (C=O) groups excluding carboxylic acids is 2. The number of hydrogen-bond acceptors (Lipinski definition) is 6. The van der Waals surface area contributed by atoms with Crippen LogP contribution in [-0.4, -0.2) is 28.3 Å². The van der Waals surface area contributed by atoms with E-state index in [1.54, 1.807) is 37.3 Å². The first-order chi connectivity index (χ1) is 13.9. The molecule has 0 spiro atoms. The third kappa shape index (κ3) is 5.38. The summed E-state index contributed by atoms with van der Waals surface area (Å²) in [5.41, 5.74) is 2.09. The molecule has 7 heteroatoms. The van der Waals surface area contributed by atoms with Crippen LogP contribution in [0.3, 0.4) is 0 Å². The molecule has 0 aliphatic rings. The smallest absolute Gasteiger partial charge is 0.274 e. The van der Waals surface area contributed by atoms with E-state index in [1.807, 2.05) is 31.2 Å². The maximum absolute atomic E-state index is 12.6. The van der Waals surface area contributed by atoms with Gasteiger partial charge < -0.3 is 15.4 Å². The van der Waals surface area contributed by atoms with Crippen LogP contribution in [0.15, 0.2) is 54.6 Å². The highest BCUT2D eigenvalue weighted by atomic mass is 16.5. The van der Waals surface area contributed by atoms with Gasteiger partial charge in [-0.05, 0) is 57.2 Å². The van der Waals surface area contributed by atoms with E-state index in [-0.39, 0.29) is 17.4 Å². The van der Waals surface area contributed by atoms with Gasteiger partial charge in [-0.1, -0.05) is 12.1 Å². The quantitative estimate of drug-likeness (QED) is 0.582. The number of aryl methyl sites for hydroxylation is 1. The first-order valence-corrected chi connectivity index (χ1v) is 9.22. The van der Waals surface area contributed by atoms with Crippen molar-refractivity contribution in [3.8, 4) is 5.75 Å². The van der Waals surface area contributed by atoms with Gasteiger partial charge in [0.25, 0.3) is 5.91 Å². The van der Waals surface area contributed by atoms with Gasteiger partial charge in [0.2, 0.25) is 0 Å². The number of ketones is 1. The first-order valence-electron chi connectivity index (χ1n) is 9.22. The van der Waals surface area contributed by atoms with Crippen LogP contribution in [-0.2, 0) is 0 Å². The Balaban J connectivity index is 1.76. The predicted molar refractivity (Wildman–Crippen MR) is 112 cm³/mol. The molecule has 2 N–H and O–H groups in total. The summed E-state index contributed by atoms with van der Waals surface area (Å²) in [5.74, 6) is 1.30. The topological polar surface area (TPSA) is 93.2 Å². The van der Waals surface area contributed by atoms with E-state index in [9.17, 15) is 9.59 Å². The fourth-order valence-corrected chi connectivity index (χ4v) is 2.71. The molecule has 0 atom stereocenters. The Morgan fingerprint density at radius 3 is 2.45 bits per heavy atom. The monoisotopic (exact) mass is 390 g/mol. The molecule has 2 aromatic carbocycles. The number of amides is 1. The molecule has 1 amide bonds. The molecule has 29 heavy (non-hydrogen) atoms. The Labute approximate surface area is 169 Å². The fraction of sp³-hybridized carbons (Fsp3) is 0.182. The van der Waals surface area contributed by atoms with Crippen LogP contribution < -0.4 is 15.4 Å². The Morgan fingerprint density at radius 2 is 1.76 bits per heavy atom. The normalized spacial score (nSPS) is 10.3. The van der Waals surface area contributed by atoms with Gasteiger partial charge in [-0.25, -0.2) is 9.97 Å². The van der Waals surface area contributed by atoms with E-state index < -0.39 is 0 Å². The molecule has 3 aromatic rings. The van der Waals surface area contributed by atoms with E-state index in [0.717, 1.165) is 11.4 Å². The van der Waals surface area contributed by atoms with Gasteiger partial charge >= 0.3 is 0 Å². The van der Waals surface area contributed by atoms with E-state index in [4.69, 9.17) is 4.74 Å². The summed E-state index contributed by atoms with van der Waals surface area (Å²) in [6.07, 6.45) is 0. The van der Waals surface area contributed by atoms with Crippen molar-refractivity contribution in [3.63, 3.8) is 0 Å². The standard InChI is InChI=1S/C22H22N4O3/c1-4-29-19-10-8-17(9-11-19)25-21-13-20(23-15(3)24-21)22(28)26-18-7-5-6-16(12-18)14(2)27/h5-13H,4H2,1-3H3,(H,26,28)(H,23,24,25). The fourth-order valence-electron chi connectivity index (χ4n) is 2.71. The number of benzene rings is 2. The van der Waals surface area contributed by atoms with Gasteiger partial charge in [-0.15, -0.1) is 0 Å². The molecule has 0 bridgehead atoms. The van der Waals surface area contributed by atoms with Gasteiger partial charge in [0, 0.05) is 23.0 Å². The molecule has 1 heterocycles. The van der Waals surface area contributed by atoms with Crippen molar-refractivity contribution < 1.29 is 14.3 Å². The molecule has 148 valence electrons. The summed E-state index contributed by atoms with van der Waals surface area (Å²) in [7, 11) is 0. The van der Waals surface area contributed by atoms with Crippen molar-refractivity contribution in [2.45, 2.75) is 20.8 Å². The first kappa shape index (κ1) is 20.0. The Bertz CT molecular complexity index is 1030. The van der Waals surface area contributed by atoms with Crippen LogP contribution in [0.2, 0.25) is 0 Å². The number of carbonyl (C=O) groups is 2. The Morgan fingerprint density at radius 1 is 1.00 bits per heavy atom. The van der Waals surface area contributed by atoms with Gasteiger partial charge in [0.1, 0.15) is 23.1 Å². The summed E-state index contributed by atoms with van der Waals surface area (Å²) in [6.45, 7) is 5.73. The minimum absolute atomic E-state index is 0.0687. The molecule has 0 radical (unpaired) electrons. The summed E-state index contributed by atoms with van der Waals surface area (Å²) < 4.78 is 5.43. The van der Waals surface area contributed by atoms with Crippen molar-refractivity contribution in [2.75, 3.05) is 17.2 Å².